The number of hydrogen-bond acceptors (Lipinski definition) is 6. The Hall–Kier alpha value is -2.80. The van der Waals surface area contributed by atoms with E-state index in [2.05, 4.69) is 23.7 Å². The highest BCUT2D eigenvalue weighted by atomic mass is 35.5. The molecule has 0 N–H and O–H groups in total. The highest BCUT2D eigenvalue weighted by Gasteiger charge is 2.21. The number of benzene rings is 1. The van der Waals surface area contributed by atoms with Gasteiger partial charge < -0.3 is 19.3 Å². The molecule has 0 unspecified atom stereocenters. The Morgan fingerprint density at radius 1 is 1.19 bits per heavy atom. The molecule has 1 saturated heterocycles. The Balaban J connectivity index is 1.64. The molecule has 0 spiro atoms. The van der Waals surface area contributed by atoms with Gasteiger partial charge in [-0.2, -0.15) is 0 Å². The monoisotopic (exact) mass is 458 g/mol. The number of hydrogen-bond donors (Lipinski definition) is 0. The van der Waals surface area contributed by atoms with Gasteiger partial charge in [-0.05, 0) is 37.6 Å². The van der Waals surface area contributed by atoms with Crippen molar-refractivity contribution in [2.24, 2.45) is 0 Å². The largest absolute Gasteiger partial charge is 0.493 e. The lowest BCUT2D eigenvalue weighted by Crippen LogP contribution is -2.48. The number of aromatic nitrogens is 2. The van der Waals surface area contributed by atoms with Gasteiger partial charge in [-0.3, -0.25) is 4.79 Å². The standard InChI is InChI=1S/C24H31ClN4O3/c1-6-32-23-19(25)14-18(15-20(23)31-5)7-8-22(30)29-11-9-28(10-12-29)21-13-17(4)26-24(27-21)16(2)3/h7-8,13-16H,6,9-12H2,1-5H3/b8-7+. The molecular formula is C24H31ClN4O3. The van der Waals surface area contributed by atoms with Gasteiger partial charge in [0.1, 0.15) is 11.6 Å². The number of methoxy groups -OCH3 is 1. The van der Waals surface area contributed by atoms with Crippen LogP contribution in [-0.4, -0.2) is 60.7 Å². The van der Waals surface area contributed by atoms with Gasteiger partial charge in [0.2, 0.25) is 5.91 Å². The summed E-state index contributed by atoms with van der Waals surface area (Å²) in [6.45, 7) is 11.3. The zero-order valence-electron chi connectivity index (χ0n) is 19.4. The normalized spacial score (nSPS) is 14.3. The summed E-state index contributed by atoms with van der Waals surface area (Å²) in [7, 11) is 1.57. The SMILES string of the molecule is CCOc1c(Cl)cc(/C=C/C(=O)N2CCN(c3cc(C)nc(C(C)C)n3)CC2)cc1OC. The summed E-state index contributed by atoms with van der Waals surface area (Å²) in [5.41, 5.74) is 1.74. The van der Waals surface area contributed by atoms with Gasteiger partial charge in [-0.15, -0.1) is 0 Å². The topological polar surface area (TPSA) is 67.8 Å². The molecule has 32 heavy (non-hydrogen) atoms. The molecule has 0 aliphatic carbocycles. The molecule has 0 atom stereocenters. The molecule has 1 aliphatic heterocycles. The number of nitrogens with zero attached hydrogens (tertiary/aromatic N) is 4. The van der Waals surface area contributed by atoms with Gasteiger partial charge in [-0.1, -0.05) is 25.4 Å². The second-order valence-electron chi connectivity index (χ2n) is 7.99. The first-order valence-corrected chi connectivity index (χ1v) is 11.3. The first-order chi connectivity index (χ1) is 15.3. The third kappa shape index (κ3) is 5.71. The summed E-state index contributed by atoms with van der Waals surface area (Å²) in [4.78, 5) is 26.0. The first kappa shape index (κ1) is 23.9. The fourth-order valence-corrected chi connectivity index (χ4v) is 3.82. The van der Waals surface area contributed by atoms with E-state index in [4.69, 9.17) is 26.1 Å². The summed E-state index contributed by atoms with van der Waals surface area (Å²) in [5, 5.41) is 0.452. The molecule has 7 nitrogen and oxygen atoms in total. The van der Waals surface area contributed by atoms with E-state index >= 15 is 0 Å². The number of carbonyl (C=O) groups excluding carboxylic acids is 1. The second kappa shape index (κ2) is 10.7. The van der Waals surface area contributed by atoms with Crippen LogP contribution >= 0.6 is 11.6 Å². The van der Waals surface area contributed by atoms with Crippen molar-refractivity contribution >= 4 is 29.4 Å². The third-order valence-electron chi connectivity index (χ3n) is 5.25. The van der Waals surface area contributed by atoms with Crippen LogP contribution < -0.4 is 14.4 Å². The van der Waals surface area contributed by atoms with Crippen molar-refractivity contribution < 1.29 is 14.3 Å². The molecule has 172 valence electrons. The summed E-state index contributed by atoms with van der Waals surface area (Å²) < 4.78 is 10.9. The summed E-state index contributed by atoms with van der Waals surface area (Å²) in [5.74, 6) is 3.08. The molecule has 1 fully saturated rings. The minimum atomic E-state index is -0.0321. The maximum Gasteiger partial charge on any atom is 0.246 e. The summed E-state index contributed by atoms with van der Waals surface area (Å²) in [6, 6.07) is 5.58. The number of carbonyl (C=O) groups is 1. The van der Waals surface area contributed by atoms with Crippen LogP contribution in [0, 0.1) is 6.92 Å². The Bertz CT molecular complexity index is 985. The number of halogens is 1. The average Bonchev–Trinajstić information content (AvgIpc) is 2.78. The van der Waals surface area contributed by atoms with Gasteiger partial charge >= 0.3 is 0 Å². The van der Waals surface area contributed by atoms with Crippen molar-refractivity contribution in [3.8, 4) is 11.5 Å². The molecule has 0 bridgehead atoms. The minimum Gasteiger partial charge on any atom is -0.493 e. The Kier molecular flexibility index (Phi) is 7.96. The highest BCUT2D eigenvalue weighted by Crippen LogP contribution is 2.36. The second-order valence-corrected chi connectivity index (χ2v) is 8.40. The van der Waals surface area contributed by atoms with Crippen molar-refractivity contribution in [1.29, 1.82) is 0 Å². The van der Waals surface area contributed by atoms with E-state index in [0.29, 0.717) is 36.2 Å². The van der Waals surface area contributed by atoms with E-state index < -0.39 is 0 Å². The van der Waals surface area contributed by atoms with Crippen LogP contribution in [0.2, 0.25) is 5.02 Å². The fourth-order valence-electron chi connectivity index (χ4n) is 3.54. The van der Waals surface area contributed by atoms with Crippen molar-refractivity contribution in [2.75, 3.05) is 44.8 Å². The summed E-state index contributed by atoms with van der Waals surface area (Å²) in [6.07, 6.45) is 3.33. The average molecular weight is 459 g/mol. The molecule has 2 aromatic rings. The predicted molar refractivity (Wildman–Crippen MR) is 128 cm³/mol. The number of rotatable bonds is 7. The Labute approximate surface area is 195 Å². The van der Waals surface area contributed by atoms with Crippen LogP contribution in [-0.2, 0) is 4.79 Å². The predicted octanol–water partition coefficient (Wildman–Crippen LogP) is 4.33. The Morgan fingerprint density at radius 2 is 1.91 bits per heavy atom. The van der Waals surface area contributed by atoms with Gasteiger partial charge in [0.15, 0.2) is 11.5 Å². The molecule has 3 rings (SSSR count). The molecule has 1 aromatic carbocycles. The van der Waals surface area contributed by atoms with Crippen molar-refractivity contribution in [2.45, 2.75) is 33.6 Å². The zero-order chi connectivity index (χ0) is 23.3. The third-order valence-corrected chi connectivity index (χ3v) is 5.53. The number of piperazine rings is 1. The number of anilines is 1. The molecule has 0 radical (unpaired) electrons. The number of amides is 1. The van der Waals surface area contributed by atoms with Crippen molar-refractivity contribution in [3.05, 3.63) is 46.4 Å². The fraction of sp³-hybridized carbons (Fsp3) is 0.458. The molecule has 0 saturated carbocycles. The molecule has 2 heterocycles. The van der Waals surface area contributed by atoms with E-state index in [1.165, 1.54) is 0 Å². The van der Waals surface area contributed by atoms with Crippen LogP contribution in [0.3, 0.4) is 0 Å². The van der Waals surface area contributed by atoms with Crippen LogP contribution in [0.25, 0.3) is 6.08 Å². The first-order valence-electron chi connectivity index (χ1n) is 10.9. The lowest BCUT2D eigenvalue weighted by Gasteiger charge is -2.35. The molecular weight excluding hydrogens is 428 g/mol. The van der Waals surface area contributed by atoms with E-state index in [-0.39, 0.29) is 11.8 Å². The van der Waals surface area contributed by atoms with E-state index in [9.17, 15) is 4.79 Å². The lowest BCUT2D eigenvalue weighted by molar-refractivity contribution is -0.126. The van der Waals surface area contributed by atoms with Crippen molar-refractivity contribution in [1.82, 2.24) is 14.9 Å². The lowest BCUT2D eigenvalue weighted by atomic mass is 10.1. The van der Waals surface area contributed by atoms with E-state index in [1.54, 1.807) is 25.3 Å². The van der Waals surface area contributed by atoms with Gasteiger partial charge in [0.25, 0.3) is 0 Å². The summed E-state index contributed by atoms with van der Waals surface area (Å²) >= 11 is 6.32. The van der Waals surface area contributed by atoms with Crippen molar-refractivity contribution in [3.63, 3.8) is 0 Å². The Morgan fingerprint density at radius 3 is 2.53 bits per heavy atom. The van der Waals surface area contributed by atoms with Gasteiger partial charge in [0.05, 0.1) is 18.7 Å². The van der Waals surface area contributed by atoms with Crippen LogP contribution in [0.1, 0.15) is 43.8 Å². The van der Waals surface area contributed by atoms with Crippen LogP contribution in [0.4, 0.5) is 5.82 Å². The molecule has 1 amide bonds. The van der Waals surface area contributed by atoms with Crippen LogP contribution in [0.5, 0.6) is 11.5 Å². The maximum atomic E-state index is 12.7. The number of ether oxygens (including phenoxy) is 2. The van der Waals surface area contributed by atoms with E-state index in [0.717, 1.165) is 36.0 Å². The van der Waals surface area contributed by atoms with Crippen LogP contribution in [0.15, 0.2) is 24.3 Å². The molecule has 8 heteroatoms. The smallest absolute Gasteiger partial charge is 0.246 e. The van der Waals surface area contributed by atoms with Gasteiger partial charge in [0, 0.05) is 49.9 Å². The van der Waals surface area contributed by atoms with Gasteiger partial charge in [-0.25, -0.2) is 9.97 Å². The number of aryl methyl sites for hydroxylation is 1. The zero-order valence-corrected chi connectivity index (χ0v) is 20.1. The highest BCUT2D eigenvalue weighted by molar-refractivity contribution is 6.32. The molecule has 1 aliphatic rings. The van der Waals surface area contributed by atoms with E-state index in [1.807, 2.05) is 30.9 Å². The maximum absolute atomic E-state index is 12.7. The quantitative estimate of drug-likeness (QED) is 0.575. The molecule has 1 aromatic heterocycles. The minimum absolute atomic E-state index is 0.0321.